The fourth-order valence-electron chi connectivity index (χ4n) is 3.63. The van der Waals surface area contributed by atoms with Gasteiger partial charge in [-0.15, -0.1) is 0 Å². The van der Waals surface area contributed by atoms with E-state index < -0.39 is 13.1 Å². The maximum Gasteiger partial charge on any atom is 0.256 e. The molecule has 3 aromatic rings. The smallest absolute Gasteiger partial charge is 0.256 e. The Morgan fingerprint density at radius 2 is 2.33 bits per heavy atom. The SMILES string of the molecule is [2H]C([2H])([2H])Oc1ncccc1Nc1cc(NC)n2ncc(C(=O)N[C@H]3CCC[C@H](O)C3)c2n1. The summed E-state index contributed by atoms with van der Waals surface area (Å²) in [6.07, 6.45) is 5.36. The van der Waals surface area contributed by atoms with Gasteiger partial charge in [-0.2, -0.15) is 9.61 Å². The van der Waals surface area contributed by atoms with E-state index in [9.17, 15) is 9.90 Å². The van der Waals surface area contributed by atoms with Crippen LogP contribution < -0.4 is 20.7 Å². The number of carbonyl (C=O) groups is 1. The first kappa shape index (κ1) is 16.4. The lowest BCUT2D eigenvalue weighted by Crippen LogP contribution is -2.39. The van der Waals surface area contributed by atoms with E-state index in [1.807, 2.05) is 0 Å². The zero-order valence-corrected chi connectivity index (χ0v) is 16.4. The van der Waals surface area contributed by atoms with E-state index in [1.165, 1.54) is 16.9 Å². The molecule has 10 heteroatoms. The molecule has 0 unspecified atom stereocenters. The number of methoxy groups -OCH3 is 1. The Balaban J connectivity index is 1.64. The molecule has 0 bridgehead atoms. The number of aliphatic hydroxyl groups excluding tert-OH is 1. The Labute approximate surface area is 177 Å². The molecule has 4 rings (SSSR count). The van der Waals surface area contributed by atoms with Crippen molar-refractivity contribution in [2.45, 2.75) is 37.8 Å². The van der Waals surface area contributed by atoms with Crippen LogP contribution in [-0.4, -0.2) is 56.8 Å². The summed E-state index contributed by atoms with van der Waals surface area (Å²) in [4.78, 5) is 21.5. The number of aromatic nitrogens is 4. The number of nitrogens with one attached hydrogen (secondary N) is 3. The fourth-order valence-corrected chi connectivity index (χ4v) is 3.63. The predicted molar refractivity (Wildman–Crippen MR) is 112 cm³/mol. The molecule has 0 saturated heterocycles. The van der Waals surface area contributed by atoms with Crippen molar-refractivity contribution in [2.75, 3.05) is 24.7 Å². The second-order valence-electron chi connectivity index (χ2n) is 7.14. The van der Waals surface area contributed by atoms with Crippen molar-refractivity contribution >= 4 is 28.9 Å². The van der Waals surface area contributed by atoms with Crippen LogP contribution in [0.2, 0.25) is 0 Å². The van der Waals surface area contributed by atoms with Crippen molar-refractivity contribution in [1.82, 2.24) is 24.9 Å². The lowest BCUT2D eigenvalue weighted by Gasteiger charge is -2.26. The average molecular weight is 414 g/mol. The molecule has 1 aliphatic rings. The Hall–Kier alpha value is -3.40. The summed E-state index contributed by atoms with van der Waals surface area (Å²) < 4.78 is 28.5. The van der Waals surface area contributed by atoms with E-state index in [4.69, 9.17) is 8.85 Å². The summed E-state index contributed by atoms with van der Waals surface area (Å²) in [5.41, 5.74) is 0.884. The third-order valence-corrected chi connectivity index (χ3v) is 5.08. The highest BCUT2D eigenvalue weighted by Crippen LogP contribution is 2.26. The molecule has 2 atom stereocenters. The molecule has 1 fully saturated rings. The standard InChI is InChI=1S/C20H25N7O3/c1-21-17-10-16(25-15-7-4-8-22-20(15)30-2)26-18-14(11-23-27(17)18)19(29)24-12-5-3-6-13(28)9-12/h4,7-8,10-13,21,28H,3,5-6,9H2,1-2H3,(H,24,29)(H,25,26)/t12-,13-/m0/s1/i2D3. The molecule has 3 aromatic heterocycles. The van der Waals surface area contributed by atoms with Gasteiger partial charge in [0.15, 0.2) is 5.65 Å². The van der Waals surface area contributed by atoms with E-state index in [2.05, 4.69) is 31.0 Å². The maximum absolute atomic E-state index is 13.0. The van der Waals surface area contributed by atoms with Crippen LogP contribution in [0.5, 0.6) is 5.88 Å². The van der Waals surface area contributed by atoms with Crippen molar-refractivity contribution < 1.29 is 18.8 Å². The molecule has 1 aliphatic carbocycles. The number of carbonyl (C=O) groups excluding carboxylic acids is 1. The number of amides is 1. The number of aliphatic hydroxyl groups is 1. The Kier molecular flexibility index (Phi) is 4.67. The highest BCUT2D eigenvalue weighted by atomic mass is 16.5. The van der Waals surface area contributed by atoms with Crippen molar-refractivity contribution in [3.63, 3.8) is 0 Å². The van der Waals surface area contributed by atoms with Gasteiger partial charge >= 0.3 is 0 Å². The minimum absolute atomic E-state index is 0.104. The second-order valence-corrected chi connectivity index (χ2v) is 7.14. The van der Waals surface area contributed by atoms with Gasteiger partial charge in [0.2, 0.25) is 5.88 Å². The first-order valence-corrected chi connectivity index (χ1v) is 9.70. The van der Waals surface area contributed by atoms with Crippen LogP contribution in [0, 0.1) is 0 Å². The minimum Gasteiger partial charge on any atom is -0.480 e. The fraction of sp³-hybridized carbons (Fsp3) is 0.400. The van der Waals surface area contributed by atoms with Crippen LogP contribution in [0.25, 0.3) is 5.65 Å². The summed E-state index contributed by atoms with van der Waals surface area (Å²) in [7, 11) is -0.960. The Bertz CT molecular complexity index is 1150. The van der Waals surface area contributed by atoms with E-state index in [-0.39, 0.29) is 23.4 Å². The van der Waals surface area contributed by atoms with Crippen molar-refractivity contribution in [1.29, 1.82) is 0 Å². The van der Waals surface area contributed by atoms with Gasteiger partial charge < -0.3 is 25.8 Å². The largest absolute Gasteiger partial charge is 0.480 e. The van der Waals surface area contributed by atoms with Gasteiger partial charge in [0.25, 0.3) is 5.91 Å². The third kappa shape index (κ3) is 3.99. The predicted octanol–water partition coefficient (Wildman–Crippen LogP) is 1.95. The minimum atomic E-state index is -2.66. The summed E-state index contributed by atoms with van der Waals surface area (Å²) in [6.45, 7) is 0. The Morgan fingerprint density at radius 3 is 3.13 bits per heavy atom. The van der Waals surface area contributed by atoms with Gasteiger partial charge in [-0.05, 0) is 37.8 Å². The summed E-state index contributed by atoms with van der Waals surface area (Å²) >= 11 is 0. The van der Waals surface area contributed by atoms with E-state index in [0.29, 0.717) is 29.4 Å². The molecule has 1 saturated carbocycles. The molecule has 0 aromatic carbocycles. The monoisotopic (exact) mass is 414 g/mol. The number of ether oxygens (including phenoxy) is 1. The van der Waals surface area contributed by atoms with Gasteiger partial charge in [0.1, 0.15) is 22.9 Å². The van der Waals surface area contributed by atoms with Crippen LogP contribution in [-0.2, 0) is 0 Å². The Morgan fingerprint density at radius 1 is 1.43 bits per heavy atom. The number of pyridine rings is 1. The number of hydrogen-bond donors (Lipinski definition) is 4. The van der Waals surface area contributed by atoms with Gasteiger partial charge in [-0.3, -0.25) is 4.79 Å². The zero-order chi connectivity index (χ0) is 23.6. The molecule has 0 radical (unpaired) electrons. The molecule has 10 nitrogen and oxygen atoms in total. The van der Waals surface area contributed by atoms with Gasteiger partial charge in [0.05, 0.1) is 23.5 Å². The van der Waals surface area contributed by atoms with Gasteiger partial charge in [0, 0.05) is 25.4 Å². The van der Waals surface area contributed by atoms with Crippen LogP contribution in [0.1, 0.15) is 40.2 Å². The lowest BCUT2D eigenvalue weighted by molar-refractivity contribution is 0.0851. The number of hydrogen-bond acceptors (Lipinski definition) is 8. The van der Waals surface area contributed by atoms with Gasteiger partial charge in [-0.25, -0.2) is 9.97 Å². The normalized spacial score (nSPS) is 20.7. The van der Waals surface area contributed by atoms with Crippen molar-refractivity contribution in [3.05, 3.63) is 36.2 Å². The number of nitrogens with zero attached hydrogens (tertiary/aromatic N) is 4. The molecule has 3 heterocycles. The second kappa shape index (κ2) is 8.54. The molecule has 30 heavy (non-hydrogen) atoms. The molecular formula is C20H25N7O3. The molecule has 0 aliphatic heterocycles. The maximum atomic E-state index is 13.0. The van der Waals surface area contributed by atoms with Crippen LogP contribution >= 0.6 is 0 Å². The van der Waals surface area contributed by atoms with Crippen molar-refractivity contribution in [2.24, 2.45) is 0 Å². The third-order valence-electron chi connectivity index (χ3n) is 5.08. The van der Waals surface area contributed by atoms with Crippen LogP contribution in [0.3, 0.4) is 0 Å². The molecule has 0 spiro atoms. The molecule has 4 N–H and O–H groups in total. The first-order valence-electron chi connectivity index (χ1n) is 11.2. The topological polar surface area (TPSA) is 126 Å². The molecular weight excluding hydrogens is 386 g/mol. The zero-order valence-electron chi connectivity index (χ0n) is 19.4. The highest BCUT2D eigenvalue weighted by Gasteiger charge is 2.24. The first-order chi connectivity index (χ1) is 15.7. The highest BCUT2D eigenvalue weighted by molar-refractivity contribution is 6.00. The molecule has 1 amide bonds. The van der Waals surface area contributed by atoms with Gasteiger partial charge in [-0.1, -0.05) is 0 Å². The van der Waals surface area contributed by atoms with Crippen molar-refractivity contribution in [3.8, 4) is 5.88 Å². The quantitative estimate of drug-likeness (QED) is 0.482. The summed E-state index contributed by atoms with van der Waals surface area (Å²) in [6, 6.07) is 4.78. The summed E-state index contributed by atoms with van der Waals surface area (Å²) in [5.74, 6) is 0.450. The number of anilines is 3. The van der Waals surface area contributed by atoms with E-state index in [0.717, 1.165) is 19.3 Å². The average Bonchev–Trinajstić information content (AvgIpc) is 3.18. The van der Waals surface area contributed by atoms with Crippen LogP contribution in [0.4, 0.5) is 17.3 Å². The summed E-state index contributed by atoms with van der Waals surface area (Å²) in [5, 5.41) is 23.1. The number of rotatable bonds is 6. The van der Waals surface area contributed by atoms with E-state index in [1.54, 1.807) is 25.2 Å². The van der Waals surface area contributed by atoms with E-state index >= 15 is 0 Å². The lowest BCUT2D eigenvalue weighted by atomic mass is 9.93. The number of fused-ring (bicyclic) bond motifs is 1. The molecule has 158 valence electrons. The van der Waals surface area contributed by atoms with Crippen LogP contribution in [0.15, 0.2) is 30.6 Å².